The minimum absolute atomic E-state index is 0.120. The van der Waals surface area contributed by atoms with Crippen molar-refractivity contribution in [2.24, 2.45) is 0 Å². The number of amides is 1. The van der Waals surface area contributed by atoms with E-state index in [-0.39, 0.29) is 5.91 Å². The van der Waals surface area contributed by atoms with Crippen molar-refractivity contribution in [3.63, 3.8) is 0 Å². The van der Waals surface area contributed by atoms with E-state index in [0.717, 1.165) is 11.1 Å². The standard InChI is InChI=1S/C22H26N4O2/c1-25(2)15-20(27)16-26-14-19(13-23-26)24-22(28)21(17-9-5-3-6-10-17)18-11-7-4-8-12-18/h3-14,20-21,27H,15-16H2,1-2H3,(H,24,28). The van der Waals surface area contributed by atoms with Crippen molar-refractivity contribution in [3.8, 4) is 0 Å². The van der Waals surface area contributed by atoms with Crippen molar-refractivity contribution in [2.75, 3.05) is 26.0 Å². The van der Waals surface area contributed by atoms with Crippen molar-refractivity contribution < 1.29 is 9.90 Å². The van der Waals surface area contributed by atoms with E-state index < -0.39 is 12.0 Å². The zero-order valence-corrected chi connectivity index (χ0v) is 16.2. The molecule has 3 rings (SSSR count). The number of benzene rings is 2. The molecule has 2 aromatic carbocycles. The van der Waals surface area contributed by atoms with Crippen molar-refractivity contribution in [1.29, 1.82) is 0 Å². The molecular weight excluding hydrogens is 352 g/mol. The number of nitrogens with zero attached hydrogens (tertiary/aromatic N) is 3. The highest BCUT2D eigenvalue weighted by atomic mass is 16.3. The van der Waals surface area contributed by atoms with Crippen LogP contribution in [0.1, 0.15) is 17.0 Å². The lowest BCUT2D eigenvalue weighted by atomic mass is 9.90. The summed E-state index contributed by atoms with van der Waals surface area (Å²) < 4.78 is 1.64. The normalized spacial score (nSPS) is 12.3. The molecule has 1 aromatic heterocycles. The lowest BCUT2D eigenvalue weighted by Gasteiger charge is -2.17. The molecule has 0 aliphatic carbocycles. The Morgan fingerprint density at radius 1 is 1.07 bits per heavy atom. The predicted molar refractivity (Wildman–Crippen MR) is 110 cm³/mol. The van der Waals surface area contributed by atoms with Gasteiger partial charge in [0, 0.05) is 12.7 Å². The predicted octanol–water partition coefficient (Wildman–Crippen LogP) is 2.58. The Hall–Kier alpha value is -2.96. The summed E-state index contributed by atoms with van der Waals surface area (Å²) in [6.07, 6.45) is 2.82. The maximum atomic E-state index is 13.1. The van der Waals surface area contributed by atoms with Gasteiger partial charge in [-0.05, 0) is 25.2 Å². The number of aromatic nitrogens is 2. The van der Waals surface area contributed by atoms with Crippen LogP contribution in [-0.2, 0) is 11.3 Å². The molecule has 6 nitrogen and oxygen atoms in total. The van der Waals surface area contributed by atoms with Crippen molar-refractivity contribution in [1.82, 2.24) is 14.7 Å². The van der Waals surface area contributed by atoms with Crippen LogP contribution in [-0.4, -0.2) is 52.4 Å². The van der Waals surface area contributed by atoms with E-state index in [1.165, 1.54) is 0 Å². The molecule has 0 saturated carbocycles. The molecule has 1 heterocycles. The summed E-state index contributed by atoms with van der Waals surface area (Å²) in [5.41, 5.74) is 2.47. The van der Waals surface area contributed by atoms with Crippen LogP contribution in [0.25, 0.3) is 0 Å². The van der Waals surface area contributed by atoms with Crippen LogP contribution in [0.4, 0.5) is 5.69 Å². The summed E-state index contributed by atoms with van der Waals surface area (Å²) in [5.74, 6) is -0.532. The first-order chi connectivity index (χ1) is 13.5. The number of hydrogen-bond donors (Lipinski definition) is 2. The van der Waals surface area contributed by atoms with Crippen LogP contribution in [0.5, 0.6) is 0 Å². The van der Waals surface area contributed by atoms with Gasteiger partial charge in [-0.2, -0.15) is 5.10 Å². The van der Waals surface area contributed by atoms with Gasteiger partial charge in [-0.3, -0.25) is 9.48 Å². The number of hydrogen-bond acceptors (Lipinski definition) is 4. The molecule has 0 aliphatic heterocycles. The topological polar surface area (TPSA) is 70.4 Å². The van der Waals surface area contributed by atoms with Crippen LogP contribution in [0.2, 0.25) is 0 Å². The Kier molecular flexibility index (Phi) is 6.57. The number of rotatable bonds is 8. The molecule has 1 atom stereocenters. The molecule has 0 saturated heterocycles. The molecule has 1 amide bonds. The average molecular weight is 378 g/mol. The molecule has 28 heavy (non-hydrogen) atoms. The highest BCUT2D eigenvalue weighted by molar-refractivity contribution is 5.98. The van der Waals surface area contributed by atoms with Crippen molar-refractivity contribution >= 4 is 11.6 Å². The summed E-state index contributed by atoms with van der Waals surface area (Å²) in [6, 6.07) is 19.4. The van der Waals surface area contributed by atoms with E-state index in [1.807, 2.05) is 79.7 Å². The van der Waals surface area contributed by atoms with Gasteiger partial charge in [0.25, 0.3) is 0 Å². The molecule has 0 radical (unpaired) electrons. The van der Waals surface area contributed by atoms with Crippen molar-refractivity contribution in [2.45, 2.75) is 18.6 Å². The Balaban J connectivity index is 1.74. The third kappa shape index (κ3) is 5.28. The summed E-state index contributed by atoms with van der Waals surface area (Å²) in [4.78, 5) is 15.0. The van der Waals surface area contributed by atoms with Crippen LogP contribution in [0.3, 0.4) is 0 Å². The lowest BCUT2D eigenvalue weighted by Crippen LogP contribution is -2.29. The SMILES string of the molecule is CN(C)CC(O)Cn1cc(NC(=O)C(c2ccccc2)c2ccccc2)cn1. The zero-order valence-electron chi connectivity index (χ0n) is 16.2. The van der Waals surface area contributed by atoms with Crippen LogP contribution in [0.15, 0.2) is 73.1 Å². The largest absolute Gasteiger partial charge is 0.390 e. The molecule has 0 bridgehead atoms. The fourth-order valence-corrected chi connectivity index (χ4v) is 3.22. The molecule has 6 heteroatoms. The molecule has 0 spiro atoms. The van der Waals surface area contributed by atoms with Gasteiger partial charge in [-0.1, -0.05) is 60.7 Å². The number of nitrogens with one attached hydrogen (secondary N) is 1. The zero-order chi connectivity index (χ0) is 19.9. The molecule has 0 aliphatic rings. The second-order valence-corrected chi connectivity index (χ2v) is 7.11. The number of likely N-dealkylation sites (N-methyl/N-ethyl adjacent to an activating group) is 1. The van der Waals surface area contributed by atoms with Crippen LogP contribution < -0.4 is 5.32 Å². The summed E-state index contributed by atoms with van der Waals surface area (Å²) in [6.45, 7) is 0.917. The maximum Gasteiger partial charge on any atom is 0.236 e. The van der Waals surface area contributed by atoms with Gasteiger partial charge in [-0.15, -0.1) is 0 Å². The average Bonchev–Trinajstić information content (AvgIpc) is 3.09. The monoisotopic (exact) mass is 378 g/mol. The molecule has 2 N–H and O–H groups in total. The molecule has 1 unspecified atom stereocenters. The quantitative estimate of drug-likeness (QED) is 0.632. The summed E-state index contributed by atoms with van der Waals surface area (Å²) in [5, 5.41) is 17.3. The highest BCUT2D eigenvalue weighted by Gasteiger charge is 2.23. The summed E-state index contributed by atoms with van der Waals surface area (Å²) >= 11 is 0. The Morgan fingerprint density at radius 2 is 1.64 bits per heavy atom. The molecule has 0 fully saturated rings. The van der Waals surface area contributed by atoms with Gasteiger partial charge in [0.1, 0.15) is 0 Å². The molecule has 3 aromatic rings. The Labute approximate surface area is 165 Å². The minimum Gasteiger partial charge on any atom is -0.390 e. The Bertz CT molecular complexity index is 838. The van der Waals surface area contributed by atoms with E-state index in [2.05, 4.69) is 10.4 Å². The molecule has 146 valence electrons. The Morgan fingerprint density at radius 3 is 2.18 bits per heavy atom. The van der Waals surface area contributed by atoms with E-state index >= 15 is 0 Å². The van der Waals surface area contributed by atoms with Gasteiger partial charge in [0.15, 0.2) is 0 Å². The van der Waals surface area contributed by atoms with E-state index in [1.54, 1.807) is 17.1 Å². The first-order valence-electron chi connectivity index (χ1n) is 9.29. The maximum absolute atomic E-state index is 13.1. The number of aliphatic hydroxyl groups is 1. The number of carbonyl (C=O) groups is 1. The third-order valence-corrected chi connectivity index (χ3v) is 4.40. The fourth-order valence-electron chi connectivity index (χ4n) is 3.22. The second kappa shape index (κ2) is 9.30. The number of carbonyl (C=O) groups excluding carboxylic acids is 1. The first-order valence-corrected chi connectivity index (χ1v) is 9.29. The minimum atomic E-state index is -0.528. The van der Waals surface area contributed by atoms with Crippen molar-refractivity contribution in [3.05, 3.63) is 84.2 Å². The van der Waals surface area contributed by atoms with Gasteiger partial charge in [0.2, 0.25) is 5.91 Å². The smallest absolute Gasteiger partial charge is 0.236 e. The van der Waals surface area contributed by atoms with Gasteiger partial charge < -0.3 is 15.3 Å². The van der Waals surface area contributed by atoms with Gasteiger partial charge in [0.05, 0.1) is 30.5 Å². The van der Waals surface area contributed by atoms with E-state index in [0.29, 0.717) is 18.8 Å². The second-order valence-electron chi connectivity index (χ2n) is 7.11. The molecular formula is C22H26N4O2. The van der Waals surface area contributed by atoms with Gasteiger partial charge in [-0.25, -0.2) is 0 Å². The number of anilines is 1. The van der Waals surface area contributed by atoms with E-state index in [9.17, 15) is 9.90 Å². The third-order valence-electron chi connectivity index (χ3n) is 4.40. The first kappa shape index (κ1) is 19.8. The number of aliphatic hydroxyl groups excluding tert-OH is 1. The summed E-state index contributed by atoms with van der Waals surface area (Å²) in [7, 11) is 3.82. The fraction of sp³-hybridized carbons (Fsp3) is 0.273. The van der Waals surface area contributed by atoms with Crippen LogP contribution in [0, 0.1) is 0 Å². The van der Waals surface area contributed by atoms with Crippen LogP contribution >= 0.6 is 0 Å². The van der Waals surface area contributed by atoms with E-state index in [4.69, 9.17) is 0 Å². The highest BCUT2D eigenvalue weighted by Crippen LogP contribution is 2.26. The lowest BCUT2D eigenvalue weighted by molar-refractivity contribution is -0.116. The van der Waals surface area contributed by atoms with Gasteiger partial charge >= 0.3 is 0 Å².